The second-order valence-electron chi connectivity index (χ2n) is 3.13. The molecule has 0 saturated heterocycles. The van der Waals surface area contributed by atoms with E-state index in [9.17, 15) is 14.7 Å². The average Bonchev–Trinajstić information content (AvgIpc) is 2.28. The standard InChI is InChI=1S/C10H9NO5S2/c12-7-2-1-5(3-6(7)9(15)16)11-10(17)18-4-8(13)14/h1-3,12H,4H2,(H,11,17)(H,13,14)(H,15,16). The number of rotatable bonds is 4. The first kappa shape index (κ1) is 14.3. The van der Waals surface area contributed by atoms with Crippen molar-refractivity contribution in [1.29, 1.82) is 0 Å². The fourth-order valence-electron chi connectivity index (χ4n) is 1.07. The molecular weight excluding hydrogens is 278 g/mol. The lowest BCUT2D eigenvalue weighted by atomic mass is 10.2. The molecular formula is C10H9NO5S2. The molecule has 4 N–H and O–H groups in total. The molecule has 0 unspecified atom stereocenters. The number of thioether (sulfide) groups is 1. The molecule has 96 valence electrons. The van der Waals surface area contributed by atoms with Crippen LogP contribution in [0.15, 0.2) is 18.2 Å². The molecule has 0 fully saturated rings. The molecule has 18 heavy (non-hydrogen) atoms. The Balaban J connectivity index is 2.73. The minimum Gasteiger partial charge on any atom is -0.507 e. The van der Waals surface area contributed by atoms with Crippen LogP contribution in [0.3, 0.4) is 0 Å². The topological polar surface area (TPSA) is 107 Å². The number of thiocarbonyl (C=S) groups is 1. The molecule has 8 heteroatoms. The van der Waals surface area contributed by atoms with Gasteiger partial charge in [-0.1, -0.05) is 24.0 Å². The summed E-state index contributed by atoms with van der Waals surface area (Å²) in [6.45, 7) is 0. The van der Waals surface area contributed by atoms with Gasteiger partial charge in [0.2, 0.25) is 0 Å². The number of carbonyl (C=O) groups is 2. The van der Waals surface area contributed by atoms with Crippen molar-refractivity contribution >= 4 is 45.9 Å². The lowest BCUT2D eigenvalue weighted by Crippen LogP contribution is -2.09. The van der Waals surface area contributed by atoms with Crippen LogP contribution < -0.4 is 5.32 Å². The number of nitrogens with one attached hydrogen (secondary N) is 1. The third-order valence-electron chi connectivity index (χ3n) is 1.80. The third kappa shape index (κ3) is 4.22. The molecule has 1 aromatic rings. The summed E-state index contributed by atoms with van der Waals surface area (Å²) in [7, 11) is 0. The summed E-state index contributed by atoms with van der Waals surface area (Å²) in [4.78, 5) is 21.1. The predicted octanol–water partition coefficient (Wildman–Crippen LogP) is 1.60. The van der Waals surface area contributed by atoms with Gasteiger partial charge in [0.25, 0.3) is 0 Å². The van der Waals surface area contributed by atoms with E-state index >= 15 is 0 Å². The number of aromatic carboxylic acids is 1. The van der Waals surface area contributed by atoms with Crippen molar-refractivity contribution < 1.29 is 24.9 Å². The zero-order chi connectivity index (χ0) is 13.7. The van der Waals surface area contributed by atoms with Crippen molar-refractivity contribution in [2.75, 3.05) is 11.1 Å². The maximum absolute atomic E-state index is 10.8. The summed E-state index contributed by atoms with van der Waals surface area (Å²) in [5.74, 6) is -2.80. The van der Waals surface area contributed by atoms with E-state index in [1.165, 1.54) is 18.2 Å². The van der Waals surface area contributed by atoms with E-state index in [1.54, 1.807) is 0 Å². The van der Waals surface area contributed by atoms with E-state index in [-0.39, 0.29) is 21.4 Å². The van der Waals surface area contributed by atoms with Gasteiger partial charge in [0, 0.05) is 5.69 Å². The Hall–Kier alpha value is -1.80. The van der Waals surface area contributed by atoms with Gasteiger partial charge in [0.1, 0.15) is 15.6 Å². The zero-order valence-corrected chi connectivity index (χ0v) is 10.5. The number of carboxylic acid groups (broad SMARTS) is 2. The Labute approximate surface area is 112 Å². The van der Waals surface area contributed by atoms with Crippen LogP contribution in [-0.4, -0.2) is 37.3 Å². The van der Waals surface area contributed by atoms with Gasteiger partial charge in [-0.05, 0) is 18.2 Å². The first-order chi connectivity index (χ1) is 8.40. The summed E-state index contributed by atoms with van der Waals surface area (Å²) in [6.07, 6.45) is 0. The van der Waals surface area contributed by atoms with Crippen molar-refractivity contribution in [3.63, 3.8) is 0 Å². The van der Waals surface area contributed by atoms with E-state index in [2.05, 4.69) is 5.32 Å². The van der Waals surface area contributed by atoms with E-state index in [0.717, 1.165) is 11.8 Å². The predicted molar refractivity (Wildman–Crippen MR) is 71.4 cm³/mol. The lowest BCUT2D eigenvalue weighted by molar-refractivity contribution is -0.133. The molecule has 0 aliphatic heterocycles. The quantitative estimate of drug-likeness (QED) is 0.489. The van der Waals surface area contributed by atoms with Gasteiger partial charge in [0.05, 0.1) is 5.75 Å². The molecule has 0 saturated carbocycles. The number of benzene rings is 1. The molecule has 0 radical (unpaired) electrons. The van der Waals surface area contributed by atoms with Gasteiger partial charge in [-0.25, -0.2) is 4.79 Å². The van der Waals surface area contributed by atoms with E-state index < -0.39 is 11.9 Å². The highest BCUT2D eigenvalue weighted by atomic mass is 32.2. The van der Waals surface area contributed by atoms with Crippen molar-refractivity contribution in [3.05, 3.63) is 23.8 Å². The van der Waals surface area contributed by atoms with Crippen molar-refractivity contribution in [2.45, 2.75) is 0 Å². The second kappa shape index (κ2) is 6.22. The number of carboxylic acids is 2. The number of hydrogen-bond donors (Lipinski definition) is 4. The number of hydrogen-bond acceptors (Lipinski definition) is 5. The summed E-state index contributed by atoms with van der Waals surface area (Å²) < 4.78 is 0.208. The van der Waals surface area contributed by atoms with Gasteiger partial charge < -0.3 is 20.6 Å². The third-order valence-corrected chi connectivity index (χ3v) is 3.01. The van der Waals surface area contributed by atoms with Gasteiger partial charge in [-0.3, -0.25) is 4.79 Å². The Kier molecular flexibility index (Phi) is 4.93. The monoisotopic (exact) mass is 287 g/mol. The molecule has 6 nitrogen and oxygen atoms in total. The number of aliphatic carboxylic acids is 1. The van der Waals surface area contributed by atoms with Crippen LogP contribution in [0, 0.1) is 0 Å². The van der Waals surface area contributed by atoms with Gasteiger partial charge in [0.15, 0.2) is 0 Å². The van der Waals surface area contributed by atoms with Crippen LogP contribution in [0.25, 0.3) is 0 Å². The van der Waals surface area contributed by atoms with Crippen LogP contribution in [0.1, 0.15) is 10.4 Å². The molecule has 0 atom stereocenters. The van der Waals surface area contributed by atoms with Crippen molar-refractivity contribution in [2.24, 2.45) is 0 Å². The summed E-state index contributed by atoms with van der Waals surface area (Å²) >= 11 is 5.78. The minimum absolute atomic E-state index is 0.185. The molecule has 0 heterocycles. The van der Waals surface area contributed by atoms with Gasteiger partial charge >= 0.3 is 11.9 Å². The average molecular weight is 287 g/mol. The van der Waals surface area contributed by atoms with Gasteiger partial charge in [-0.15, -0.1) is 0 Å². The molecule has 0 aromatic heterocycles. The summed E-state index contributed by atoms with van der Waals surface area (Å²) in [5, 5.41) is 29.2. The fourth-order valence-corrected chi connectivity index (χ4v) is 1.81. The van der Waals surface area contributed by atoms with Crippen LogP contribution in [0.2, 0.25) is 0 Å². The Morgan fingerprint density at radius 1 is 1.33 bits per heavy atom. The van der Waals surface area contributed by atoms with Crippen LogP contribution >= 0.6 is 24.0 Å². The smallest absolute Gasteiger partial charge is 0.339 e. The lowest BCUT2D eigenvalue weighted by Gasteiger charge is -2.08. The molecule has 0 bridgehead atoms. The fraction of sp³-hybridized carbons (Fsp3) is 0.100. The highest BCUT2D eigenvalue weighted by Crippen LogP contribution is 2.22. The normalized spacial score (nSPS) is 9.78. The molecule has 1 aromatic carbocycles. The van der Waals surface area contributed by atoms with Gasteiger partial charge in [-0.2, -0.15) is 0 Å². The van der Waals surface area contributed by atoms with E-state index in [1.807, 2.05) is 0 Å². The summed E-state index contributed by atoms with van der Waals surface area (Å²) in [5.41, 5.74) is 0.110. The highest BCUT2D eigenvalue weighted by Gasteiger charge is 2.11. The Bertz CT molecular complexity index is 503. The number of anilines is 1. The van der Waals surface area contributed by atoms with Crippen LogP contribution in [-0.2, 0) is 4.79 Å². The van der Waals surface area contributed by atoms with E-state index in [4.69, 9.17) is 22.4 Å². The zero-order valence-electron chi connectivity index (χ0n) is 8.91. The Morgan fingerprint density at radius 2 is 2.00 bits per heavy atom. The SMILES string of the molecule is O=C(O)CSC(=S)Nc1ccc(O)c(C(=O)O)c1. The molecule has 0 spiro atoms. The van der Waals surface area contributed by atoms with E-state index in [0.29, 0.717) is 5.69 Å². The second-order valence-corrected chi connectivity index (χ2v) is 4.78. The largest absolute Gasteiger partial charge is 0.507 e. The van der Waals surface area contributed by atoms with Crippen molar-refractivity contribution in [1.82, 2.24) is 0 Å². The first-order valence-electron chi connectivity index (χ1n) is 4.62. The summed E-state index contributed by atoms with van der Waals surface area (Å²) in [6, 6.07) is 3.87. The number of aromatic hydroxyl groups is 1. The van der Waals surface area contributed by atoms with Crippen LogP contribution in [0.5, 0.6) is 5.75 Å². The van der Waals surface area contributed by atoms with Crippen LogP contribution in [0.4, 0.5) is 5.69 Å². The minimum atomic E-state index is -1.26. The molecule has 0 aliphatic rings. The Morgan fingerprint density at radius 3 is 2.56 bits per heavy atom. The molecule has 1 rings (SSSR count). The first-order valence-corrected chi connectivity index (χ1v) is 6.01. The maximum Gasteiger partial charge on any atom is 0.339 e. The van der Waals surface area contributed by atoms with Crippen molar-refractivity contribution in [3.8, 4) is 5.75 Å². The highest BCUT2D eigenvalue weighted by molar-refractivity contribution is 8.23. The molecule has 0 aliphatic carbocycles. The number of phenols is 1. The maximum atomic E-state index is 10.8. The molecule has 0 amide bonds.